The number of aliphatic hydroxyl groups excluding tert-OH is 1. The molecule has 0 aliphatic heterocycles. The first kappa shape index (κ1) is 12.4. The fraction of sp³-hybridized carbons (Fsp3) is 0.455. The van der Waals surface area contributed by atoms with Crippen LogP contribution < -0.4 is 4.90 Å². The Morgan fingerprint density at radius 2 is 1.94 bits per heavy atom. The number of non-ortho nitro benzene ring substituents is 1. The van der Waals surface area contributed by atoms with Gasteiger partial charge in [0, 0.05) is 30.4 Å². The molecule has 0 bridgehead atoms. The molecule has 5 nitrogen and oxygen atoms in total. The van der Waals surface area contributed by atoms with Crippen molar-refractivity contribution in [1.29, 1.82) is 0 Å². The van der Waals surface area contributed by atoms with Crippen molar-refractivity contribution >= 4 is 11.4 Å². The summed E-state index contributed by atoms with van der Waals surface area (Å²) in [4.78, 5) is 12.1. The SMILES string of the molecule is CC(C)N(CCO)c1ccc([N+](=O)[O-])cc1. The first-order chi connectivity index (χ1) is 7.56. The molecule has 88 valence electrons. The molecular weight excluding hydrogens is 208 g/mol. The van der Waals surface area contributed by atoms with E-state index in [0.717, 1.165) is 5.69 Å². The van der Waals surface area contributed by atoms with Crippen LogP contribution in [0, 0.1) is 10.1 Å². The van der Waals surface area contributed by atoms with Crippen molar-refractivity contribution in [2.45, 2.75) is 19.9 Å². The summed E-state index contributed by atoms with van der Waals surface area (Å²) in [6.07, 6.45) is 0. The van der Waals surface area contributed by atoms with E-state index < -0.39 is 4.92 Å². The van der Waals surface area contributed by atoms with Crippen molar-refractivity contribution in [2.24, 2.45) is 0 Å². The van der Waals surface area contributed by atoms with Crippen molar-refractivity contribution in [3.05, 3.63) is 34.4 Å². The Morgan fingerprint density at radius 1 is 1.38 bits per heavy atom. The molecular formula is C11H16N2O3. The Kier molecular flexibility index (Phi) is 4.25. The fourth-order valence-electron chi connectivity index (χ4n) is 1.56. The topological polar surface area (TPSA) is 66.6 Å². The zero-order valence-electron chi connectivity index (χ0n) is 9.46. The molecule has 1 aromatic rings. The summed E-state index contributed by atoms with van der Waals surface area (Å²) in [5.41, 5.74) is 0.964. The summed E-state index contributed by atoms with van der Waals surface area (Å²) in [6, 6.07) is 6.60. The number of hydrogen-bond donors (Lipinski definition) is 1. The monoisotopic (exact) mass is 224 g/mol. The van der Waals surface area contributed by atoms with Gasteiger partial charge in [0.15, 0.2) is 0 Å². The van der Waals surface area contributed by atoms with Crippen LogP contribution in [0.1, 0.15) is 13.8 Å². The van der Waals surface area contributed by atoms with Crippen LogP contribution in [0.3, 0.4) is 0 Å². The van der Waals surface area contributed by atoms with Crippen LogP contribution in [0.25, 0.3) is 0 Å². The van der Waals surface area contributed by atoms with Crippen LogP contribution in [0.5, 0.6) is 0 Å². The van der Waals surface area contributed by atoms with E-state index in [0.29, 0.717) is 6.54 Å². The largest absolute Gasteiger partial charge is 0.395 e. The lowest BCUT2D eigenvalue weighted by molar-refractivity contribution is -0.384. The van der Waals surface area contributed by atoms with Gasteiger partial charge in [0.2, 0.25) is 0 Å². The second kappa shape index (κ2) is 5.46. The van der Waals surface area contributed by atoms with Gasteiger partial charge in [-0.2, -0.15) is 0 Å². The van der Waals surface area contributed by atoms with E-state index in [1.54, 1.807) is 12.1 Å². The number of nitrogens with zero attached hydrogens (tertiary/aromatic N) is 2. The number of nitro groups is 1. The van der Waals surface area contributed by atoms with Gasteiger partial charge in [-0.05, 0) is 26.0 Å². The van der Waals surface area contributed by atoms with Crippen molar-refractivity contribution in [2.75, 3.05) is 18.1 Å². The van der Waals surface area contributed by atoms with Crippen molar-refractivity contribution in [3.63, 3.8) is 0 Å². The minimum Gasteiger partial charge on any atom is -0.395 e. The highest BCUT2D eigenvalue weighted by Gasteiger charge is 2.11. The van der Waals surface area contributed by atoms with Crippen LogP contribution in [-0.2, 0) is 0 Å². The minimum absolute atomic E-state index is 0.0647. The maximum absolute atomic E-state index is 10.5. The Bertz CT molecular complexity index is 349. The lowest BCUT2D eigenvalue weighted by Crippen LogP contribution is -2.33. The second-order valence-electron chi connectivity index (χ2n) is 3.78. The summed E-state index contributed by atoms with van der Waals surface area (Å²) < 4.78 is 0. The van der Waals surface area contributed by atoms with Crippen LogP contribution in [-0.4, -0.2) is 29.2 Å². The molecule has 0 fully saturated rings. The standard InChI is InChI=1S/C11H16N2O3/c1-9(2)12(7-8-14)10-3-5-11(6-4-10)13(15)16/h3-6,9,14H,7-8H2,1-2H3. The van der Waals surface area contributed by atoms with E-state index in [9.17, 15) is 10.1 Å². The smallest absolute Gasteiger partial charge is 0.269 e. The number of hydrogen-bond acceptors (Lipinski definition) is 4. The molecule has 0 unspecified atom stereocenters. The number of anilines is 1. The Labute approximate surface area is 94.5 Å². The molecule has 0 saturated heterocycles. The third kappa shape index (κ3) is 2.93. The number of rotatable bonds is 5. The van der Waals surface area contributed by atoms with Gasteiger partial charge in [-0.25, -0.2) is 0 Å². The summed E-state index contributed by atoms with van der Waals surface area (Å²) in [5, 5.41) is 19.4. The zero-order valence-corrected chi connectivity index (χ0v) is 9.46. The highest BCUT2D eigenvalue weighted by atomic mass is 16.6. The normalized spacial score (nSPS) is 10.5. The van der Waals surface area contributed by atoms with E-state index in [1.165, 1.54) is 12.1 Å². The highest BCUT2D eigenvalue weighted by molar-refractivity contribution is 5.51. The van der Waals surface area contributed by atoms with Gasteiger partial charge in [-0.1, -0.05) is 0 Å². The molecule has 0 saturated carbocycles. The van der Waals surface area contributed by atoms with Gasteiger partial charge in [-0.15, -0.1) is 0 Å². The average molecular weight is 224 g/mol. The number of aliphatic hydroxyl groups is 1. The zero-order chi connectivity index (χ0) is 12.1. The number of nitro benzene ring substituents is 1. The predicted octanol–water partition coefficient (Wildman–Crippen LogP) is 1.80. The van der Waals surface area contributed by atoms with Crippen molar-refractivity contribution in [1.82, 2.24) is 0 Å². The third-order valence-corrected chi connectivity index (χ3v) is 2.36. The van der Waals surface area contributed by atoms with Crippen LogP contribution in [0.2, 0.25) is 0 Å². The molecule has 0 spiro atoms. The first-order valence-corrected chi connectivity index (χ1v) is 5.18. The Morgan fingerprint density at radius 3 is 2.31 bits per heavy atom. The minimum atomic E-state index is -0.421. The molecule has 16 heavy (non-hydrogen) atoms. The molecule has 1 rings (SSSR count). The van der Waals surface area contributed by atoms with Crippen LogP contribution in [0.15, 0.2) is 24.3 Å². The van der Waals surface area contributed by atoms with Gasteiger partial charge in [-0.3, -0.25) is 10.1 Å². The van der Waals surface area contributed by atoms with E-state index in [1.807, 2.05) is 18.7 Å². The predicted molar refractivity (Wildman–Crippen MR) is 62.7 cm³/mol. The first-order valence-electron chi connectivity index (χ1n) is 5.18. The average Bonchev–Trinajstić information content (AvgIpc) is 2.25. The van der Waals surface area contributed by atoms with E-state index in [4.69, 9.17) is 5.11 Å². The third-order valence-electron chi connectivity index (χ3n) is 2.36. The van der Waals surface area contributed by atoms with Gasteiger partial charge >= 0.3 is 0 Å². The fourth-order valence-corrected chi connectivity index (χ4v) is 1.56. The maximum Gasteiger partial charge on any atom is 0.269 e. The van der Waals surface area contributed by atoms with Gasteiger partial charge in [0.25, 0.3) is 5.69 Å². The second-order valence-corrected chi connectivity index (χ2v) is 3.78. The van der Waals surface area contributed by atoms with E-state index >= 15 is 0 Å². The summed E-state index contributed by atoms with van der Waals surface area (Å²) in [5.74, 6) is 0. The number of benzene rings is 1. The Balaban J connectivity index is 2.89. The molecule has 0 aliphatic carbocycles. The van der Waals surface area contributed by atoms with E-state index in [2.05, 4.69) is 0 Å². The highest BCUT2D eigenvalue weighted by Crippen LogP contribution is 2.20. The lowest BCUT2D eigenvalue weighted by Gasteiger charge is -2.28. The summed E-state index contributed by atoms with van der Waals surface area (Å²) >= 11 is 0. The van der Waals surface area contributed by atoms with Gasteiger partial charge < -0.3 is 10.0 Å². The molecule has 1 aromatic carbocycles. The van der Waals surface area contributed by atoms with Crippen LogP contribution >= 0.6 is 0 Å². The molecule has 0 amide bonds. The molecule has 5 heteroatoms. The van der Waals surface area contributed by atoms with Crippen molar-refractivity contribution in [3.8, 4) is 0 Å². The molecule has 0 radical (unpaired) electrons. The van der Waals surface area contributed by atoms with E-state index in [-0.39, 0.29) is 18.3 Å². The van der Waals surface area contributed by atoms with Gasteiger partial charge in [0.05, 0.1) is 11.5 Å². The lowest BCUT2D eigenvalue weighted by atomic mass is 10.2. The molecule has 0 aliphatic rings. The summed E-state index contributed by atoms with van der Waals surface area (Å²) in [6.45, 7) is 4.61. The molecule has 0 aromatic heterocycles. The van der Waals surface area contributed by atoms with Gasteiger partial charge in [0.1, 0.15) is 0 Å². The maximum atomic E-state index is 10.5. The summed E-state index contributed by atoms with van der Waals surface area (Å²) in [7, 11) is 0. The van der Waals surface area contributed by atoms with Crippen LogP contribution in [0.4, 0.5) is 11.4 Å². The molecule has 1 N–H and O–H groups in total. The molecule has 0 atom stereocenters. The Hall–Kier alpha value is -1.62. The molecule has 0 heterocycles. The quantitative estimate of drug-likeness (QED) is 0.611. The van der Waals surface area contributed by atoms with Crippen molar-refractivity contribution < 1.29 is 10.0 Å².